The van der Waals surface area contributed by atoms with Gasteiger partial charge in [0.15, 0.2) is 0 Å². The van der Waals surface area contributed by atoms with Gasteiger partial charge in [-0.25, -0.2) is 8.78 Å². The van der Waals surface area contributed by atoms with Gasteiger partial charge in [-0.05, 0) is 36.2 Å². The van der Waals surface area contributed by atoms with Crippen molar-refractivity contribution in [1.29, 1.82) is 0 Å². The number of halogens is 2. The molecule has 4 nitrogen and oxygen atoms in total. The molecule has 0 aromatic heterocycles. The van der Waals surface area contributed by atoms with Gasteiger partial charge >= 0.3 is 0 Å². The Labute approximate surface area is 120 Å². The van der Waals surface area contributed by atoms with Gasteiger partial charge in [-0.1, -0.05) is 6.07 Å². The minimum absolute atomic E-state index is 0.278. The molecule has 0 spiro atoms. The summed E-state index contributed by atoms with van der Waals surface area (Å²) < 4.78 is 26.1. The SMILES string of the molecule is NC(=O)c1cccc(N)c1NCCc1cc(F)cc(F)c1. The van der Waals surface area contributed by atoms with Crippen LogP contribution in [0.15, 0.2) is 36.4 Å². The van der Waals surface area contributed by atoms with Gasteiger partial charge in [-0.15, -0.1) is 0 Å². The number of benzene rings is 2. The van der Waals surface area contributed by atoms with Crippen LogP contribution in [0, 0.1) is 11.6 Å². The van der Waals surface area contributed by atoms with Gasteiger partial charge in [0.2, 0.25) is 0 Å². The van der Waals surface area contributed by atoms with Crippen molar-refractivity contribution in [2.24, 2.45) is 5.73 Å². The van der Waals surface area contributed by atoms with E-state index in [0.717, 1.165) is 6.07 Å². The van der Waals surface area contributed by atoms with Crippen LogP contribution in [0.5, 0.6) is 0 Å². The number of carbonyl (C=O) groups excluding carboxylic acids is 1. The van der Waals surface area contributed by atoms with E-state index in [1.54, 1.807) is 18.2 Å². The first kappa shape index (κ1) is 14.8. The molecule has 110 valence electrons. The van der Waals surface area contributed by atoms with E-state index in [1.807, 2.05) is 0 Å². The van der Waals surface area contributed by atoms with E-state index >= 15 is 0 Å². The van der Waals surface area contributed by atoms with E-state index in [9.17, 15) is 13.6 Å². The number of hydrogen-bond donors (Lipinski definition) is 3. The molecule has 0 fully saturated rings. The average Bonchev–Trinajstić information content (AvgIpc) is 2.39. The number of hydrogen-bond acceptors (Lipinski definition) is 3. The topological polar surface area (TPSA) is 81.1 Å². The van der Waals surface area contributed by atoms with E-state index < -0.39 is 17.5 Å². The molecule has 0 saturated heterocycles. The molecule has 0 saturated carbocycles. The summed E-state index contributed by atoms with van der Waals surface area (Å²) in [6.07, 6.45) is 0.376. The zero-order valence-electron chi connectivity index (χ0n) is 11.2. The Morgan fingerprint density at radius 1 is 1.14 bits per heavy atom. The van der Waals surface area contributed by atoms with Gasteiger partial charge in [0.05, 0.1) is 16.9 Å². The van der Waals surface area contributed by atoms with Gasteiger partial charge in [-0.3, -0.25) is 4.79 Å². The molecule has 2 aromatic carbocycles. The Morgan fingerprint density at radius 3 is 2.43 bits per heavy atom. The maximum atomic E-state index is 13.1. The van der Waals surface area contributed by atoms with E-state index in [2.05, 4.69) is 5.32 Å². The number of nitrogens with two attached hydrogens (primary N) is 2. The van der Waals surface area contributed by atoms with Crippen LogP contribution in [-0.4, -0.2) is 12.5 Å². The Bertz CT molecular complexity index is 654. The number of anilines is 2. The molecule has 0 heterocycles. The molecule has 0 unspecified atom stereocenters. The Kier molecular flexibility index (Phi) is 4.37. The fourth-order valence-electron chi connectivity index (χ4n) is 2.06. The summed E-state index contributed by atoms with van der Waals surface area (Å²) in [5.74, 6) is -1.84. The first-order chi connectivity index (χ1) is 9.97. The Balaban J connectivity index is 2.08. The van der Waals surface area contributed by atoms with Crippen molar-refractivity contribution < 1.29 is 13.6 Å². The normalized spacial score (nSPS) is 10.4. The molecule has 6 heteroatoms. The maximum Gasteiger partial charge on any atom is 0.250 e. The molecule has 0 aliphatic heterocycles. The van der Waals surface area contributed by atoms with Crippen LogP contribution < -0.4 is 16.8 Å². The van der Waals surface area contributed by atoms with Gasteiger partial charge in [-0.2, -0.15) is 0 Å². The van der Waals surface area contributed by atoms with Gasteiger partial charge in [0, 0.05) is 12.6 Å². The Hall–Kier alpha value is -2.63. The molecule has 5 N–H and O–H groups in total. The molecule has 0 bridgehead atoms. The van der Waals surface area contributed by atoms with Crippen LogP contribution in [-0.2, 0) is 6.42 Å². The third-order valence-electron chi connectivity index (χ3n) is 3.00. The summed E-state index contributed by atoms with van der Waals surface area (Å²) in [6.45, 7) is 0.359. The van der Waals surface area contributed by atoms with E-state index in [-0.39, 0.29) is 5.56 Å². The molecule has 2 aromatic rings. The molecule has 0 aliphatic carbocycles. The maximum absolute atomic E-state index is 13.1. The summed E-state index contributed by atoms with van der Waals surface area (Å²) in [6, 6.07) is 8.15. The molecule has 0 radical (unpaired) electrons. The van der Waals surface area contributed by atoms with Crippen molar-refractivity contribution in [2.75, 3.05) is 17.6 Å². The lowest BCUT2D eigenvalue weighted by molar-refractivity contribution is 0.100. The quantitative estimate of drug-likeness (QED) is 0.739. The molecule has 0 atom stereocenters. The van der Waals surface area contributed by atoms with Crippen molar-refractivity contribution in [3.05, 3.63) is 59.2 Å². The number of amides is 1. The predicted octanol–water partition coefficient (Wildman–Crippen LogP) is 2.30. The summed E-state index contributed by atoms with van der Waals surface area (Å²) in [4.78, 5) is 11.3. The van der Waals surface area contributed by atoms with Crippen LogP contribution in [0.1, 0.15) is 15.9 Å². The molecular formula is C15H15F2N3O. The van der Waals surface area contributed by atoms with Crippen molar-refractivity contribution in [3.63, 3.8) is 0 Å². The zero-order valence-corrected chi connectivity index (χ0v) is 11.2. The highest BCUT2D eigenvalue weighted by molar-refractivity contribution is 6.01. The van der Waals surface area contributed by atoms with Gasteiger partial charge in [0.1, 0.15) is 11.6 Å². The third kappa shape index (κ3) is 3.68. The van der Waals surface area contributed by atoms with Crippen LogP contribution in [0.3, 0.4) is 0 Å². The minimum Gasteiger partial charge on any atom is -0.397 e. The second-order valence-corrected chi connectivity index (χ2v) is 4.59. The smallest absolute Gasteiger partial charge is 0.250 e. The molecule has 21 heavy (non-hydrogen) atoms. The number of para-hydroxylation sites is 1. The average molecular weight is 291 g/mol. The van der Waals surface area contributed by atoms with Crippen LogP contribution in [0.2, 0.25) is 0 Å². The number of primary amides is 1. The fraction of sp³-hybridized carbons (Fsp3) is 0.133. The second kappa shape index (κ2) is 6.21. The summed E-state index contributed by atoms with van der Waals surface area (Å²) in [5.41, 5.74) is 12.7. The van der Waals surface area contributed by atoms with Crippen molar-refractivity contribution in [2.45, 2.75) is 6.42 Å². The van der Waals surface area contributed by atoms with Crippen LogP contribution in [0.4, 0.5) is 20.2 Å². The summed E-state index contributed by atoms with van der Waals surface area (Å²) >= 11 is 0. The van der Waals surface area contributed by atoms with Gasteiger partial charge < -0.3 is 16.8 Å². The number of nitrogen functional groups attached to an aromatic ring is 1. The molecule has 0 aliphatic rings. The number of rotatable bonds is 5. The molecule has 1 amide bonds. The van der Waals surface area contributed by atoms with E-state index in [1.165, 1.54) is 12.1 Å². The van der Waals surface area contributed by atoms with Crippen molar-refractivity contribution in [1.82, 2.24) is 0 Å². The lowest BCUT2D eigenvalue weighted by Crippen LogP contribution is -2.16. The zero-order chi connectivity index (χ0) is 15.4. The van der Waals surface area contributed by atoms with Crippen molar-refractivity contribution in [3.8, 4) is 0 Å². The van der Waals surface area contributed by atoms with Crippen LogP contribution in [0.25, 0.3) is 0 Å². The monoisotopic (exact) mass is 291 g/mol. The summed E-state index contributed by atoms with van der Waals surface area (Å²) in [7, 11) is 0. The third-order valence-corrected chi connectivity index (χ3v) is 3.00. The first-order valence-electron chi connectivity index (χ1n) is 6.34. The van der Waals surface area contributed by atoms with E-state index in [0.29, 0.717) is 29.9 Å². The number of nitrogens with one attached hydrogen (secondary N) is 1. The van der Waals surface area contributed by atoms with Crippen LogP contribution >= 0.6 is 0 Å². The first-order valence-corrected chi connectivity index (χ1v) is 6.34. The van der Waals surface area contributed by atoms with Gasteiger partial charge in [0.25, 0.3) is 5.91 Å². The van der Waals surface area contributed by atoms with E-state index in [4.69, 9.17) is 11.5 Å². The lowest BCUT2D eigenvalue weighted by atomic mass is 10.1. The second-order valence-electron chi connectivity index (χ2n) is 4.59. The fourth-order valence-corrected chi connectivity index (χ4v) is 2.06. The highest BCUT2D eigenvalue weighted by Crippen LogP contribution is 2.23. The number of carbonyl (C=O) groups is 1. The predicted molar refractivity (Wildman–Crippen MR) is 77.9 cm³/mol. The highest BCUT2D eigenvalue weighted by Gasteiger charge is 2.10. The standard InChI is InChI=1S/C15H15F2N3O/c16-10-6-9(7-11(17)8-10)4-5-20-14-12(15(19)21)2-1-3-13(14)18/h1-3,6-8,20H,4-5,18H2,(H2,19,21). The molecular weight excluding hydrogens is 276 g/mol. The largest absolute Gasteiger partial charge is 0.397 e. The lowest BCUT2D eigenvalue weighted by Gasteiger charge is -2.12. The highest BCUT2D eigenvalue weighted by atomic mass is 19.1. The van der Waals surface area contributed by atoms with Crippen molar-refractivity contribution >= 4 is 17.3 Å². The minimum atomic E-state index is -0.623. The Morgan fingerprint density at radius 2 is 1.81 bits per heavy atom. The molecule has 2 rings (SSSR count). The summed E-state index contributed by atoms with van der Waals surface area (Å²) in [5, 5.41) is 2.98.